The molecule has 2 aromatic rings. The standard InChI is InChI=1S/C13H14ClNO4/c1-8-3-10(19-15-8)7-18-13-11(14)4-9(6-16)5-12(13)17-2/h3-5,16H,6-7H2,1-2H3. The topological polar surface area (TPSA) is 64.7 Å². The largest absolute Gasteiger partial charge is 0.493 e. The molecular formula is C13H14ClNO4. The van der Waals surface area contributed by atoms with Gasteiger partial charge in [-0.15, -0.1) is 0 Å². The van der Waals surface area contributed by atoms with E-state index in [-0.39, 0.29) is 13.2 Å². The number of aryl methyl sites for hydroxylation is 1. The van der Waals surface area contributed by atoms with Crippen LogP contribution in [-0.4, -0.2) is 17.4 Å². The van der Waals surface area contributed by atoms with E-state index in [1.165, 1.54) is 7.11 Å². The fraction of sp³-hybridized carbons (Fsp3) is 0.308. The highest BCUT2D eigenvalue weighted by Crippen LogP contribution is 2.36. The zero-order valence-electron chi connectivity index (χ0n) is 10.6. The molecule has 0 spiro atoms. The Balaban J connectivity index is 2.19. The molecule has 102 valence electrons. The highest BCUT2D eigenvalue weighted by atomic mass is 35.5. The van der Waals surface area contributed by atoms with Gasteiger partial charge >= 0.3 is 0 Å². The van der Waals surface area contributed by atoms with Crippen LogP contribution < -0.4 is 9.47 Å². The lowest BCUT2D eigenvalue weighted by Crippen LogP contribution is -1.99. The van der Waals surface area contributed by atoms with Gasteiger partial charge in [-0.05, 0) is 24.6 Å². The molecule has 0 saturated carbocycles. The van der Waals surface area contributed by atoms with Gasteiger partial charge in [-0.2, -0.15) is 0 Å². The number of methoxy groups -OCH3 is 1. The Labute approximate surface area is 115 Å². The summed E-state index contributed by atoms with van der Waals surface area (Å²) in [6.07, 6.45) is 0. The van der Waals surface area contributed by atoms with Crippen LogP contribution in [0.5, 0.6) is 11.5 Å². The predicted molar refractivity (Wildman–Crippen MR) is 69.5 cm³/mol. The number of hydrogen-bond acceptors (Lipinski definition) is 5. The van der Waals surface area contributed by atoms with Gasteiger partial charge in [0.2, 0.25) is 0 Å². The number of nitrogens with zero attached hydrogens (tertiary/aromatic N) is 1. The van der Waals surface area contributed by atoms with Gasteiger partial charge in [-0.3, -0.25) is 0 Å². The summed E-state index contributed by atoms with van der Waals surface area (Å²) < 4.78 is 15.8. The van der Waals surface area contributed by atoms with Crippen molar-refractivity contribution in [1.29, 1.82) is 0 Å². The predicted octanol–water partition coefficient (Wildman–Crippen LogP) is 2.72. The van der Waals surface area contributed by atoms with E-state index in [4.69, 9.17) is 30.7 Å². The molecule has 0 fully saturated rings. The van der Waals surface area contributed by atoms with Crippen molar-refractivity contribution in [3.8, 4) is 11.5 Å². The maximum absolute atomic E-state index is 9.11. The summed E-state index contributed by atoms with van der Waals surface area (Å²) in [6.45, 7) is 1.92. The highest BCUT2D eigenvalue weighted by molar-refractivity contribution is 6.32. The first-order chi connectivity index (χ1) is 9.13. The minimum Gasteiger partial charge on any atom is -0.493 e. The van der Waals surface area contributed by atoms with Crippen LogP contribution >= 0.6 is 11.6 Å². The van der Waals surface area contributed by atoms with E-state index in [9.17, 15) is 0 Å². The molecule has 0 amide bonds. The zero-order valence-corrected chi connectivity index (χ0v) is 11.4. The number of halogens is 1. The third-order valence-corrected chi connectivity index (χ3v) is 2.79. The van der Waals surface area contributed by atoms with Crippen molar-refractivity contribution in [1.82, 2.24) is 5.16 Å². The van der Waals surface area contributed by atoms with Gasteiger partial charge in [0.15, 0.2) is 17.3 Å². The van der Waals surface area contributed by atoms with Crippen LogP contribution in [0.3, 0.4) is 0 Å². The molecule has 1 heterocycles. The maximum Gasteiger partial charge on any atom is 0.180 e. The van der Waals surface area contributed by atoms with E-state index in [0.29, 0.717) is 27.8 Å². The second-order valence-corrected chi connectivity index (χ2v) is 4.40. The maximum atomic E-state index is 9.11. The zero-order chi connectivity index (χ0) is 13.8. The lowest BCUT2D eigenvalue weighted by molar-refractivity contribution is 0.238. The SMILES string of the molecule is COc1cc(CO)cc(Cl)c1OCc1cc(C)no1. The molecule has 0 saturated heterocycles. The number of rotatable bonds is 5. The van der Waals surface area contributed by atoms with E-state index >= 15 is 0 Å². The average Bonchev–Trinajstić information content (AvgIpc) is 2.82. The van der Waals surface area contributed by atoms with Gasteiger partial charge in [0.25, 0.3) is 0 Å². The third kappa shape index (κ3) is 3.19. The van der Waals surface area contributed by atoms with Crippen molar-refractivity contribution in [3.05, 3.63) is 40.2 Å². The number of aliphatic hydroxyl groups is 1. The smallest absolute Gasteiger partial charge is 0.180 e. The van der Waals surface area contributed by atoms with Crippen molar-refractivity contribution < 1.29 is 19.1 Å². The Hall–Kier alpha value is -1.72. The number of hydrogen-bond donors (Lipinski definition) is 1. The van der Waals surface area contributed by atoms with Gasteiger partial charge in [0.05, 0.1) is 24.4 Å². The molecule has 5 nitrogen and oxygen atoms in total. The summed E-state index contributed by atoms with van der Waals surface area (Å²) in [5.74, 6) is 1.48. The average molecular weight is 284 g/mol. The van der Waals surface area contributed by atoms with Gasteiger partial charge in [0.1, 0.15) is 6.61 Å². The van der Waals surface area contributed by atoms with Crippen molar-refractivity contribution in [2.24, 2.45) is 0 Å². The first-order valence-corrected chi connectivity index (χ1v) is 6.04. The summed E-state index contributed by atoms with van der Waals surface area (Å²) in [5, 5.41) is 13.2. The molecule has 19 heavy (non-hydrogen) atoms. The van der Waals surface area contributed by atoms with Crippen LogP contribution in [-0.2, 0) is 13.2 Å². The summed E-state index contributed by atoms with van der Waals surface area (Å²) in [5.41, 5.74) is 1.44. The molecule has 6 heteroatoms. The number of ether oxygens (including phenoxy) is 2. The minimum atomic E-state index is -0.113. The second kappa shape index (κ2) is 5.95. The Morgan fingerprint density at radius 3 is 2.74 bits per heavy atom. The van der Waals surface area contributed by atoms with E-state index < -0.39 is 0 Å². The van der Waals surface area contributed by atoms with Crippen LogP contribution in [0.2, 0.25) is 5.02 Å². The molecular weight excluding hydrogens is 270 g/mol. The normalized spacial score (nSPS) is 10.5. The Kier molecular flexibility index (Phi) is 4.29. The fourth-order valence-electron chi connectivity index (χ4n) is 1.63. The van der Waals surface area contributed by atoms with Crippen molar-refractivity contribution in [2.75, 3.05) is 7.11 Å². The van der Waals surface area contributed by atoms with Crippen LogP contribution in [0.25, 0.3) is 0 Å². The highest BCUT2D eigenvalue weighted by Gasteiger charge is 2.13. The summed E-state index contributed by atoms with van der Waals surface area (Å²) in [7, 11) is 1.51. The van der Waals surface area contributed by atoms with Gasteiger partial charge in [-0.25, -0.2) is 0 Å². The van der Waals surface area contributed by atoms with Crippen LogP contribution in [0.15, 0.2) is 22.7 Å². The molecule has 0 aliphatic carbocycles. The number of benzene rings is 1. The number of aliphatic hydroxyl groups excluding tert-OH is 1. The van der Waals surface area contributed by atoms with Crippen LogP contribution in [0.1, 0.15) is 17.0 Å². The molecule has 0 unspecified atom stereocenters. The third-order valence-electron chi connectivity index (χ3n) is 2.51. The van der Waals surface area contributed by atoms with Gasteiger partial charge in [-0.1, -0.05) is 16.8 Å². The van der Waals surface area contributed by atoms with Gasteiger partial charge < -0.3 is 19.1 Å². The van der Waals surface area contributed by atoms with Crippen molar-refractivity contribution in [2.45, 2.75) is 20.1 Å². The summed E-state index contributed by atoms with van der Waals surface area (Å²) in [4.78, 5) is 0. The van der Waals surface area contributed by atoms with E-state index in [1.54, 1.807) is 18.2 Å². The summed E-state index contributed by atoms with van der Waals surface area (Å²) in [6, 6.07) is 5.08. The van der Waals surface area contributed by atoms with Crippen molar-refractivity contribution >= 4 is 11.6 Å². The monoisotopic (exact) mass is 283 g/mol. The first-order valence-electron chi connectivity index (χ1n) is 5.66. The Morgan fingerprint density at radius 2 is 2.16 bits per heavy atom. The van der Waals surface area contributed by atoms with E-state index in [1.807, 2.05) is 6.92 Å². The van der Waals surface area contributed by atoms with E-state index in [0.717, 1.165) is 5.69 Å². The Morgan fingerprint density at radius 1 is 1.37 bits per heavy atom. The molecule has 0 aliphatic heterocycles. The quantitative estimate of drug-likeness (QED) is 0.914. The molecule has 1 aromatic heterocycles. The van der Waals surface area contributed by atoms with Gasteiger partial charge in [0, 0.05) is 6.07 Å². The molecule has 0 aliphatic rings. The van der Waals surface area contributed by atoms with E-state index in [2.05, 4.69) is 5.16 Å². The molecule has 2 rings (SSSR count). The molecule has 0 bridgehead atoms. The number of aromatic nitrogens is 1. The Bertz CT molecular complexity index is 568. The lowest BCUT2D eigenvalue weighted by Gasteiger charge is -2.12. The van der Waals surface area contributed by atoms with Crippen LogP contribution in [0.4, 0.5) is 0 Å². The first kappa shape index (κ1) is 13.7. The molecule has 0 radical (unpaired) electrons. The minimum absolute atomic E-state index is 0.113. The lowest BCUT2D eigenvalue weighted by atomic mass is 10.2. The molecule has 1 N–H and O–H groups in total. The van der Waals surface area contributed by atoms with Crippen LogP contribution in [0, 0.1) is 6.92 Å². The van der Waals surface area contributed by atoms with Crippen molar-refractivity contribution in [3.63, 3.8) is 0 Å². The summed E-state index contributed by atoms with van der Waals surface area (Å²) >= 11 is 6.10. The second-order valence-electron chi connectivity index (χ2n) is 3.99. The fourth-order valence-corrected chi connectivity index (χ4v) is 1.92. The molecule has 1 aromatic carbocycles. The molecule has 0 atom stereocenters.